The number of carboxylic acid groups (broad SMARTS) is 1. The van der Waals surface area contributed by atoms with Crippen LogP contribution in [-0.2, 0) is 0 Å². The predicted molar refractivity (Wildman–Crippen MR) is 78.0 cm³/mol. The van der Waals surface area contributed by atoms with Gasteiger partial charge in [0.1, 0.15) is 6.33 Å². The van der Waals surface area contributed by atoms with Crippen LogP contribution < -0.4 is 0 Å². The molecule has 4 nitrogen and oxygen atoms in total. The molecule has 2 aromatic carbocycles. The van der Waals surface area contributed by atoms with E-state index in [-0.39, 0.29) is 15.6 Å². The minimum atomic E-state index is -1.08. The maximum absolute atomic E-state index is 13.5. The summed E-state index contributed by atoms with van der Waals surface area (Å²) >= 11 is 11.6. The van der Waals surface area contributed by atoms with Gasteiger partial charge in [-0.15, -0.1) is 0 Å². The molecule has 106 valence electrons. The zero-order chi connectivity index (χ0) is 15.1. The molecule has 0 aliphatic carbocycles. The van der Waals surface area contributed by atoms with E-state index < -0.39 is 11.8 Å². The van der Waals surface area contributed by atoms with Crippen molar-refractivity contribution in [2.75, 3.05) is 0 Å². The fourth-order valence-corrected chi connectivity index (χ4v) is 2.59. The van der Waals surface area contributed by atoms with Crippen LogP contribution in [0.2, 0.25) is 10.0 Å². The fraction of sp³-hybridized carbons (Fsp3) is 0. The minimum absolute atomic E-state index is 0.0848. The average molecular weight is 325 g/mol. The topological polar surface area (TPSA) is 55.1 Å². The van der Waals surface area contributed by atoms with Crippen LogP contribution in [-0.4, -0.2) is 20.6 Å². The zero-order valence-corrected chi connectivity index (χ0v) is 11.9. The molecule has 0 bridgehead atoms. The Morgan fingerprint density at radius 2 is 1.90 bits per heavy atom. The van der Waals surface area contributed by atoms with Crippen molar-refractivity contribution in [1.82, 2.24) is 9.55 Å². The molecule has 3 rings (SSSR count). The van der Waals surface area contributed by atoms with Crippen LogP contribution in [0.25, 0.3) is 16.7 Å². The van der Waals surface area contributed by atoms with Gasteiger partial charge in [0.05, 0.1) is 32.3 Å². The smallest absolute Gasteiger partial charge is 0.337 e. The molecule has 3 aromatic rings. The number of carbonyl (C=O) groups is 1. The largest absolute Gasteiger partial charge is 0.478 e. The summed E-state index contributed by atoms with van der Waals surface area (Å²) in [4.78, 5) is 15.5. The Morgan fingerprint density at radius 3 is 2.52 bits per heavy atom. The van der Waals surface area contributed by atoms with Crippen molar-refractivity contribution in [3.63, 3.8) is 0 Å². The third-order valence-electron chi connectivity index (χ3n) is 3.05. The predicted octanol–water partition coefficient (Wildman–Crippen LogP) is 4.17. The number of hydrogen-bond donors (Lipinski definition) is 1. The van der Waals surface area contributed by atoms with Crippen molar-refractivity contribution in [2.24, 2.45) is 0 Å². The Hall–Kier alpha value is -2.11. The van der Waals surface area contributed by atoms with Crippen LogP contribution >= 0.6 is 23.2 Å². The summed E-state index contributed by atoms with van der Waals surface area (Å²) in [5.41, 5.74) is 1.42. The SMILES string of the molecule is O=C(O)c1cccc2ncn(-c3cc(Cl)c(F)c(Cl)c3)c12. The first-order chi connectivity index (χ1) is 9.99. The molecule has 0 atom stereocenters. The van der Waals surface area contributed by atoms with E-state index in [1.807, 2.05) is 0 Å². The third kappa shape index (κ3) is 2.24. The number of carboxylic acids is 1. The van der Waals surface area contributed by atoms with E-state index in [0.29, 0.717) is 16.7 Å². The average Bonchev–Trinajstić information content (AvgIpc) is 2.87. The van der Waals surface area contributed by atoms with Crippen molar-refractivity contribution in [3.05, 3.63) is 58.1 Å². The lowest BCUT2D eigenvalue weighted by Gasteiger charge is -2.08. The van der Waals surface area contributed by atoms with Gasteiger partial charge in [-0.3, -0.25) is 4.57 Å². The quantitative estimate of drug-likeness (QED) is 0.720. The monoisotopic (exact) mass is 324 g/mol. The number of aromatic carboxylic acids is 1. The normalized spacial score (nSPS) is 11.0. The number of rotatable bonds is 2. The van der Waals surface area contributed by atoms with Crippen molar-refractivity contribution < 1.29 is 14.3 Å². The van der Waals surface area contributed by atoms with Crippen molar-refractivity contribution >= 4 is 40.2 Å². The first-order valence-electron chi connectivity index (χ1n) is 5.83. The van der Waals surface area contributed by atoms with Gasteiger partial charge in [0.2, 0.25) is 0 Å². The Bertz CT molecular complexity index is 854. The standard InChI is InChI=1S/C14H7Cl2FN2O2/c15-9-4-7(5-10(16)12(9)17)19-6-18-11-3-1-2-8(13(11)19)14(20)21/h1-6H,(H,20,21). The van der Waals surface area contributed by atoms with E-state index in [1.54, 1.807) is 12.1 Å². The second-order valence-corrected chi connectivity index (χ2v) is 5.13. The summed E-state index contributed by atoms with van der Waals surface area (Å²) in [6.45, 7) is 0. The van der Waals surface area contributed by atoms with E-state index in [2.05, 4.69) is 4.98 Å². The second kappa shape index (κ2) is 5.02. The molecule has 0 radical (unpaired) electrons. The zero-order valence-electron chi connectivity index (χ0n) is 10.3. The van der Waals surface area contributed by atoms with Gasteiger partial charge in [-0.1, -0.05) is 29.3 Å². The molecule has 21 heavy (non-hydrogen) atoms. The van der Waals surface area contributed by atoms with E-state index in [9.17, 15) is 14.3 Å². The van der Waals surface area contributed by atoms with Crippen molar-refractivity contribution in [2.45, 2.75) is 0 Å². The van der Waals surface area contributed by atoms with Crippen LogP contribution in [0, 0.1) is 5.82 Å². The van der Waals surface area contributed by atoms with Crippen LogP contribution in [0.4, 0.5) is 4.39 Å². The van der Waals surface area contributed by atoms with Crippen LogP contribution in [0.15, 0.2) is 36.7 Å². The molecule has 0 saturated heterocycles. The number of nitrogens with zero attached hydrogens (tertiary/aromatic N) is 2. The molecule has 1 N–H and O–H groups in total. The molecule has 0 unspecified atom stereocenters. The number of fused-ring (bicyclic) bond motifs is 1. The van der Waals surface area contributed by atoms with Crippen LogP contribution in [0.5, 0.6) is 0 Å². The molecular formula is C14H7Cl2FN2O2. The highest BCUT2D eigenvalue weighted by Crippen LogP contribution is 2.29. The number of halogens is 3. The Morgan fingerprint density at radius 1 is 1.24 bits per heavy atom. The summed E-state index contributed by atoms with van der Waals surface area (Å²) in [5, 5.41) is 8.98. The second-order valence-electron chi connectivity index (χ2n) is 4.32. The lowest BCUT2D eigenvalue weighted by molar-refractivity contribution is 0.0698. The molecule has 0 aliphatic heterocycles. The van der Waals surface area contributed by atoms with Crippen LogP contribution in [0.1, 0.15) is 10.4 Å². The number of aromatic nitrogens is 2. The summed E-state index contributed by atoms with van der Waals surface area (Å²) < 4.78 is 15.0. The molecule has 1 heterocycles. The molecule has 0 fully saturated rings. The fourth-order valence-electron chi connectivity index (χ4n) is 2.12. The lowest BCUT2D eigenvalue weighted by atomic mass is 10.2. The van der Waals surface area contributed by atoms with Gasteiger partial charge in [-0.25, -0.2) is 14.2 Å². The van der Waals surface area contributed by atoms with Gasteiger partial charge in [0.15, 0.2) is 5.82 Å². The van der Waals surface area contributed by atoms with Crippen LogP contribution in [0.3, 0.4) is 0 Å². The van der Waals surface area contributed by atoms with Crippen molar-refractivity contribution in [3.8, 4) is 5.69 Å². The number of imidazole rings is 1. The third-order valence-corrected chi connectivity index (χ3v) is 3.60. The Kier molecular flexibility index (Phi) is 3.31. The van der Waals surface area contributed by atoms with E-state index in [1.165, 1.54) is 29.1 Å². The first-order valence-corrected chi connectivity index (χ1v) is 6.59. The van der Waals surface area contributed by atoms with E-state index >= 15 is 0 Å². The molecule has 0 spiro atoms. The number of benzene rings is 2. The van der Waals surface area contributed by atoms with Gasteiger partial charge in [0, 0.05) is 0 Å². The number of hydrogen-bond acceptors (Lipinski definition) is 2. The Labute approximate surface area is 128 Å². The first kappa shape index (κ1) is 13.9. The summed E-state index contributed by atoms with van der Waals surface area (Å²) in [5.74, 6) is -1.80. The maximum Gasteiger partial charge on any atom is 0.337 e. The highest BCUT2D eigenvalue weighted by Gasteiger charge is 2.16. The summed E-state index contributed by atoms with van der Waals surface area (Å²) in [7, 11) is 0. The molecule has 7 heteroatoms. The molecule has 0 saturated carbocycles. The van der Waals surface area contributed by atoms with Gasteiger partial charge in [-0.2, -0.15) is 0 Å². The van der Waals surface area contributed by atoms with Crippen molar-refractivity contribution in [1.29, 1.82) is 0 Å². The van der Waals surface area contributed by atoms with Gasteiger partial charge < -0.3 is 5.11 Å². The molecule has 0 aliphatic rings. The number of para-hydroxylation sites is 1. The highest BCUT2D eigenvalue weighted by molar-refractivity contribution is 6.35. The Balaban J connectivity index is 2.33. The van der Waals surface area contributed by atoms with E-state index in [4.69, 9.17) is 23.2 Å². The van der Waals surface area contributed by atoms with Gasteiger partial charge >= 0.3 is 5.97 Å². The van der Waals surface area contributed by atoms with Gasteiger partial charge in [0.25, 0.3) is 0 Å². The molecular weight excluding hydrogens is 318 g/mol. The maximum atomic E-state index is 13.5. The minimum Gasteiger partial charge on any atom is -0.478 e. The highest BCUT2D eigenvalue weighted by atomic mass is 35.5. The summed E-state index contributed by atoms with van der Waals surface area (Å²) in [6, 6.07) is 7.49. The lowest BCUT2D eigenvalue weighted by Crippen LogP contribution is -2.02. The molecule has 0 amide bonds. The van der Waals surface area contributed by atoms with Gasteiger partial charge in [-0.05, 0) is 24.3 Å². The van der Waals surface area contributed by atoms with E-state index in [0.717, 1.165) is 0 Å². The molecule has 1 aromatic heterocycles. The summed E-state index contributed by atoms with van der Waals surface area (Å²) in [6.07, 6.45) is 1.44.